The summed E-state index contributed by atoms with van der Waals surface area (Å²) >= 11 is 0. The number of aliphatic carboxylic acids is 1. The highest BCUT2D eigenvalue weighted by Crippen LogP contribution is 2.47. The Kier molecular flexibility index (Phi) is 4.20. The van der Waals surface area contributed by atoms with E-state index >= 15 is 0 Å². The monoisotopic (exact) mass is 315 g/mol. The molecule has 7 nitrogen and oxygen atoms in total. The van der Waals surface area contributed by atoms with Crippen molar-refractivity contribution in [3.05, 3.63) is 0 Å². The van der Waals surface area contributed by atoms with Crippen molar-refractivity contribution in [1.29, 1.82) is 0 Å². The molecule has 0 aromatic carbocycles. The minimum Gasteiger partial charge on any atom is -0.481 e. The predicted octanol–water partition coefficient (Wildman–Crippen LogP) is 0.865. The molecule has 3 rings (SSSR count). The Morgan fingerprint density at radius 1 is 1.32 bits per heavy atom. The summed E-state index contributed by atoms with van der Waals surface area (Å²) in [5, 5.41) is 12.1. The Hall–Kier alpha value is -0.730. The highest BCUT2D eigenvalue weighted by Gasteiger charge is 2.64. The Bertz CT molecular complexity index is 442. The highest BCUT2D eigenvalue weighted by molar-refractivity contribution is 5.66. The second-order valence-corrected chi connectivity index (χ2v) is 6.71. The van der Waals surface area contributed by atoms with E-state index in [4.69, 9.17) is 24.1 Å². The van der Waals surface area contributed by atoms with Gasteiger partial charge in [-0.2, -0.15) is 0 Å². The summed E-state index contributed by atoms with van der Waals surface area (Å²) in [7, 11) is 0. The first kappa shape index (κ1) is 16.1. The van der Waals surface area contributed by atoms with E-state index in [1.165, 1.54) is 0 Å². The molecule has 2 unspecified atom stereocenters. The van der Waals surface area contributed by atoms with Gasteiger partial charge in [0, 0.05) is 6.42 Å². The van der Waals surface area contributed by atoms with E-state index in [1.807, 2.05) is 13.8 Å². The van der Waals surface area contributed by atoms with Gasteiger partial charge in [0.25, 0.3) is 0 Å². The third kappa shape index (κ3) is 2.76. The van der Waals surface area contributed by atoms with Crippen LogP contribution in [0.2, 0.25) is 0 Å². The minimum atomic E-state index is -0.789. The van der Waals surface area contributed by atoms with Gasteiger partial charge in [-0.25, -0.2) is 0 Å². The van der Waals surface area contributed by atoms with Crippen molar-refractivity contribution in [2.24, 2.45) is 0 Å². The molecule has 126 valence electrons. The molecular weight excluding hydrogens is 290 g/mol. The van der Waals surface area contributed by atoms with Crippen molar-refractivity contribution in [2.75, 3.05) is 13.2 Å². The lowest BCUT2D eigenvalue weighted by atomic mass is 9.86. The lowest BCUT2D eigenvalue weighted by molar-refractivity contribution is -0.197. The molecule has 0 aromatic heterocycles. The van der Waals surface area contributed by atoms with Gasteiger partial charge >= 0.3 is 5.97 Å². The predicted molar refractivity (Wildman–Crippen MR) is 76.3 cm³/mol. The Morgan fingerprint density at radius 2 is 2.09 bits per heavy atom. The van der Waals surface area contributed by atoms with Crippen LogP contribution in [0.25, 0.3) is 0 Å². The van der Waals surface area contributed by atoms with E-state index < -0.39 is 17.4 Å². The van der Waals surface area contributed by atoms with Crippen LogP contribution in [0, 0.1) is 0 Å². The van der Waals surface area contributed by atoms with E-state index in [-0.39, 0.29) is 31.0 Å². The molecule has 7 heteroatoms. The zero-order chi connectivity index (χ0) is 16.0. The number of carbonyl (C=O) groups is 1. The summed E-state index contributed by atoms with van der Waals surface area (Å²) in [6.07, 6.45) is 0.796. The van der Waals surface area contributed by atoms with Gasteiger partial charge in [-0.1, -0.05) is 6.92 Å². The third-order valence-corrected chi connectivity index (χ3v) is 4.68. The smallest absolute Gasteiger partial charge is 0.303 e. The van der Waals surface area contributed by atoms with Crippen LogP contribution >= 0.6 is 0 Å². The Morgan fingerprint density at radius 3 is 2.77 bits per heavy atom. The molecule has 3 saturated heterocycles. The van der Waals surface area contributed by atoms with E-state index in [0.717, 1.165) is 6.42 Å². The fourth-order valence-corrected chi connectivity index (χ4v) is 3.57. The van der Waals surface area contributed by atoms with Gasteiger partial charge in [-0.05, 0) is 33.2 Å². The summed E-state index contributed by atoms with van der Waals surface area (Å²) in [4.78, 5) is 10.6. The van der Waals surface area contributed by atoms with Crippen molar-refractivity contribution >= 4 is 5.97 Å². The van der Waals surface area contributed by atoms with Gasteiger partial charge in [0.15, 0.2) is 12.1 Å². The molecule has 0 aliphatic carbocycles. The van der Waals surface area contributed by atoms with E-state index in [9.17, 15) is 4.79 Å². The molecule has 5 atom stereocenters. The van der Waals surface area contributed by atoms with Gasteiger partial charge < -0.3 is 29.4 Å². The quantitative estimate of drug-likeness (QED) is 0.703. The lowest BCUT2D eigenvalue weighted by Gasteiger charge is -2.42. The molecule has 0 amide bonds. The number of hydrogen-bond donors (Lipinski definition) is 2. The van der Waals surface area contributed by atoms with E-state index in [0.29, 0.717) is 19.6 Å². The van der Waals surface area contributed by atoms with Gasteiger partial charge in [0.2, 0.25) is 0 Å². The van der Waals surface area contributed by atoms with Crippen LogP contribution in [-0.2, 0) is 23.7 Å². The van der Waals surface area contributed by atoms with E-state index in [2.05, 4.69) is 12.2 Å². The first-order valence-corrected chi connectivity index (χ1v) is 7.97. The molecule has 0 radical (unpaired) electrons. The first-order chi connectivity index (χ1) is 10.4. The summed E-state index contributed by atoms with van der Waals surface area (Å²) < 4.78 is 24.1. The largest absolute Gasteiger partial charge is 0.481 e. The molecular formula is C15H25NO6. The maximum atomic E-state index is 10.6. The number of carboxylic acid groups (broad SMARTS) is 1. The number of carboxylic acids is 1. The Balaban J connectivity index is 1.70. The average Bonchev–Trinajstić information content (AvgIpc) is 2.98. The van der Waals surface area contributed by atoms with E-state index in [1.54, 1.807) is 0 Å². The van der Waals surface area contributed by atoms with Crippen LogP contribution < -0.4 is 5.32 Å². The summed E-state index contributed by atoms with van der Waals surface area (Å²) in [6, 6.07) is -0.150. The zero-order valence-electron chi connectivity index (χ0n) is 13.3. The molecule has 3 fully saturated rings. The third-order valence-electron chi connectivity index (χ3n) is 4.68. The molecule has 22 heavy (non-hydrogen) atoms. The maximum absolute atomic E-state index is 10.6. The summed E-state index contributed by atoms with van der Waals surface area (Å²) in [6.45, 7) is 6.96. The number of ether oxygens (including phenoxy) is 4. The van der Waals surface area contributed by atoms with Crippen LogP contribution in [0.3, 0.4) is 0 Å². The second-order valence-electron chi connectivity index (χ2n) is 6.71. The van der Waals surface area contributed by atoms with Gasteiger partial charge in [0.1, 0.15) is 17.8 Å². The first-order valence-electron chi connectivity index (χ1n) is 7.97. The van der Waals surface area contributed by atoms with Gasteiger partial charge in [-0.15, -0.1) is 0 Å². The van der Waals surface area contributed by atoms with Crippen LogP contribution in [0.5, 0.6) is 0 Å². The van der Waals surface area contributed by atoms with Crippen LogP contribution in [0.4, 0.5) is 0 Å². The maximum Gasteiger partial charge on any atom is 0.303 e. The Labute approximate surface area is 130 Å². The zero-order valence-corrected chi connectivity index (χ0v) is 13.3. The lowest BCUT2D eigenvalue weighted by Crippen LogP contribution is -2.63. The minimum absolute atomic E-state index is 0.141. The van der Waals surface area contributed by atoms with Gasteiger partial charge in [0.05, 0.1) is 12.6 Å². The normalized spacial score (nSPS) is 42.3. The average molecular weight is 315 g/mol. The van der Waals surface area contributed by atoms with Crippen molar-refractivity contribution in [3.63, 3.8) is 0 Å². The fraction of sp³-hybridized carbons (Fsp3) is 0.933. The second kappa shape index (κ2) is 5.72. The molecule has 2 N–H and O–H groups in total. The number of nitrogens with one attached hydrogen (secondary N) is 1. The molecule has 0 spiro atoms. The fourth-order valence-electron chi connectivity index (χ4n) is 3.57. The topological polar surface area (TPSA) is 86.3 Å². The molecule has 0 aromatic rings. The molecule has 0 saturated carbocycles. The van der Waals surface area contributed by atoms with Crippen LogP contribution in [-0.4, -0.2) is 60.2 Å². The van der Waals surface area contributed by atoms with Crippen molar-refractivity contribution in [2.45, 2.75) is 76.0 Å². The van der Waals surface area contributed by atoms with Crippen molar-refractivity contribution in [3.8, 4) is 0 Å². The molecule has 2 bridgehead atoms. The summed E-state index contributed by atoms with van der Waals surface area (Å²) in [5.74, 6) is -1.44. The van der Waals surface area contributed by atoms with Gasteiger partial charge in [-0.3, -0.25) is 4.79 Å². The molecule has 3 aliphatic heterocycles. The van der Waals surface area contributed by atoms with Crippen LogP contribution in [0.15, 0.2) is 0 Å². The number of hydrogen-bond acceptors (Lipinski definition) is 6. The van der Waals surface area contributed by atoms with Crippen molar-refractivity contribution < 1.29 is 28.8 Å². The molecule has 3 aliphatic rings. The summed E-state index contributed by atoms with van der Waals surface area (Å²) in [5.41, 5.74) is -0.442. The number of rotatable bonds is 6. The number of fused-ring (bicyclic) bond motifs is 4. The van der Waals surface area contributed by atoms with Crippen molar-refractivity contribution in [1.82, 2.24) is 5.32 Å². The highest BCUT2D eigenvalue weighted by atomic mass is 16.8. The molecule has 3 heterocycles. The SMILES string of the molecule is CC[C@@]12COC(O1)[C@H](NCCCC(=O)O)C1OC(C)(C)O[C@H]12. The van der Waals surface area contributed by atoms with Crippen LogP contribution in [0.1, 0.15) is 40.0 Å². The standard InChI is InChI=1S/C15H25NO6/c1-4-15-8-19-13(22-15)10(16-7-5-6-9(17)18)11-12(15)21-14(2,3)20-11/h10-13,16H,4-8H2,1-3H3,(H,17,18)/t10-,11?,12-,13?,15+/m1/s1.